The number of nitrogens with one attached hydrogen (secondary N) is 1. The smallest absolute Gasteiger partial charge is 0.408 e. The lowest BCUT2D eigenvalue weighted by atomic mass is 9.82. The highest BCUT2D eigenvalue weighted by Gasteiger charge is 2.63. The van der Waals surface area contributed by atoms with Crippen molar-refractivity contribution in [2.45, 2.75) is 96.8 Å². The van der Waals surface area contributed by atoms with Crippen LogP contribution in [0.15, 0.2) is 0 Å². The summed E-state index contributed by atoms with van der Waals surface area (Å²) in [6, 6.07) is -1.43. The van der Waals surface area contributed by atoms with Crippen LogP contribution in [0, 0.1) is 5.92 Å². The number of carbonyl (C=O) groups excluding carboxylic acids is 4. The number of alkyl carbamates (subject to hydrolysis) is 1. The lowest BCUT2D eigenvalue weighted by Gasteiger charge is -2.48. The summed E-state index contributed by atoms with van der Waals surface area (Å²) >= 11 is 0. The number of rotatable bonds is 7. The molecule has 0 aromatic heterocycles. The SMILES string of the molecule is CC[C@@H](OC(C)=O)[C@@H](C)C1O[C@](O)(C(=O)OC)[C@@H](F)C(OC(C)=O)[C@H]1NC(=O)OC(C)(C)C. The molecule has 1 aliphatic rings. The van der Waals surface area contributed by atoms with Crippen molar-refractivity contribution >= 4 is 24.0 Å². The molecule has 1 rings (SSSR count). The molecular weight excluding hydrogens is 445 g/mol. The molecule has 1 fully saturated rings. The third-order valence-electron chi connectivity index (χ3n) is 4.97. The van der Waals surface area contributed by atoms with Gasteiger partial charge in [0.2, 0.25) is 6.17 Å². The van der Waals surface area contributed by atoms with Crippen LogP contribution in [0.3, 0.4) is 0 Å². The van der Waals surface area contributed by atoms with Gasteiger partial charge in [0.1, 0.15) is 11.7 Å². The van der Waals surface area contributed by atoms with E-state index in [-0.39, 0.29) is 6.42 Å². The fraction of sp³-hybridized carbons (Fsp3) is 0.810. The van der Waals surface area contributed by atoms with E-state index in [0.29, 0.717) is 0 Å². The Labute approximate surface area is 192 Å². The molecule has 1 saturated heterocycles. The van der Waals surface area contributed by atoms with E-state index >= 15 is 4.39 Å². The molecule has 12 heteroatoms. The van der Waals surface area contributed by atoms with Crippen LogP contribution in [0.25, 0.3) is 0 Å². The zero-order chi connectivity index (χ0) is 25.7. The second kappa shape index (κ2) is 11.1. The standard InChI is InChI=1S/C21H34FNO10/c1-9-13(30-11(3)24)10(2)15-14(23-19(27)33-20(5,6)7)16(31-12(4)25)17(22)21(28,32-15)18(26)29-8/h10,13-17,28H,9H2,1-8H3,(H,23,27)/t10-,13-,14+,15?,16?,17+,21+/m1/s1. The average molecular weight is 479 g/mol. The monoisotopic (exact) mass is 479 g/mol. The average Bonchev–Trinajstić information content (AvgIpc) is 2.68. The quantitative estimate of drug-likeness (QED) is 0.405. The van der Waals surface area contributed by atoms with Crippen LogP contribution in [0.2, 0.25) is 0 Å². The highest BCUT2D eigenvalue weighted by atomic mass is 19.1. The van der Waals surface area contributed by atoms with Gasteiger partial charge in [0.25, 0.3) is 0 Å². The number of alkyl halides is 1. The molecular formula is C21H34FNO10. The molecule has 0 spiro atoms. The second-order valence-corrected chi connectivity index (χ2v) is 8.83. The maximum atomic E-state index is 15.4. The Morgan fingerprint density at radius 1 is 1.18 bits per heavy atom. The predicted molar refractivity (Wildman–Crippen MR) is 110 cm³/mol. The summed E-state index contributed by atoms with van der Waals surface area (Å²) in [6.07, 6.45) is -7.38. The van der Waals surface area contributed by atoms with Crippen molar-refractivity contribution in [3.8, 4) is 0 Å². The number of carbonyl (C=O) groups is 4. The fourth-order valence-electron chi connectivity index (χ4n) is 3.60. The number of amides is 1. The maximum absolute atomic E-state index is 15.4. The van der Waals surface area contributed by atoms with Gasteiger partial charge in [0, 0.05) is 19.8 Å². The summed E-state index contributed by atoms with van der Waals surface area (Å²) in [5, 5.41) is 13.2. The Balaban J connectivity index is 3.53. The first kappa shape index (κ1) is 28.6. The minimum Gasteiger partial charge on any atom is -0.465 e. The largest absolute Gasteiger partial charge is 0.465 e. The molecule has 33 heavy (non-hydrogen) atoms. The third-order valence-corrected chi connectivity index (χ3v) is 4.97. The molecule has 7 atom stereocenters. The van der Waals surface area contributed by atoms with Crippen molar-refractivity contribution in [3.63, 3.8) is 0 Å². The van der Waals surface area contributed by atoms with Gasteiger partial charge in [-0.1, -0.05) is 13.8 Å². The topological polar surface area (TPSA) is 147 Å². The molecule has 0 bridgehead atoms. The van der Waals surface area contributed by atoms with Crippen LogP contribution in [0.5, 0.6) is 0 Å². The van der Waals surface area contributed by atoms with Crippen LogP contribution in [0.4, 0.5) is 9.18 Å². The van der Waals surface area contributed by atoms with E-state index < -0.39 is 71.8 Å². The Morgan fingerprint density at radius 3 is 2.18 bits per heavy atom. The first-order chi connectivity index (χ1) is 15.1. The maximum Gasteiger partial charge on any atom is 0.408 e. The third kappa shape index (κ3) is 7.26. The molecule has 1 aliphatic heterocycles. The summed E-state index contributed by atoms with van der Waals surface area (Å²) in [5.74, 6) is -6.99. The van der Waals surface area contributed by atoms with Gasteiger partial charge in [-0.15, -0.1) is 0 Å². The molecule has 11 nitrogen and oxygen atoms in total. The highest BCUT2D eigenvalue weighted by Crippen LogP contribution is 2.38. The van der Waals surface area contributed by atoms with Crippen molar-refractivity contribution in [1.29, 1.82) is 0 Å². The van der Waals surface area contributed by atoms with E-state index in [0.717, 1.165) is 14.0 Å². The number of halogens is 1. The van der Waals surface area contributed by atoms with Crippen molar-refractivity contribution in [2.75, 3.05) is 7.11 Å². The van der Waals surface area contributed by atoms with Gasteiger partial charge in [0.05, 0.1) is 19.3 Å². The molecule has 2 unspecified atom stereocenters. The van der Waals surface area contributed by atoms with Crippen LogP contribution < -0.4 is 5.32 Å². The van der Waals surface area contributed by atoms with Crippen molar-refractivity contribution in [3.05, 3.63) is 0 Å². The van der Waals surface area contributed by atoms with Crippen LogP contribution in [-0.4, -0.2) is 78.1 Å². The number of ether oxygens (including phenoxy) is 5. The van der Waals surface area contributed by atoms with E-state index in [1.807, 2.05) is 0 Å². The molecule has 0 aromatic carbocycles. The summed E-state index contributed by atoms with van der Waals surface area (Å²) in [5.41, 5.74) is -0.913. The van der Waals surface area contributed by atoms with E-state index in [9.17, 15) is 24.3 Å². The molecule has 0 saturated carbocycles. The first-order valence-electron chi connectivity index (χ1n) is 10.5. The summed E-state index contributed by atoms with van der Waals surface area (Å²) < 4.78 is 41.0. The van der Waals surface area contributed by atoms with Crippen molar-refractivity contribution in [1.82, 2.24) is 5.32 Å². The lowest BCUT2D eigenvalue weighted by Crippen LogP contribution is -2.72. The highest BCUT2D eigenvalue weighted by molar-refractivity contribution is 5.79. The number of aliphatic hydroxyl groups is 1. The minimum atomic E-state index is -3.16. The zero-order valence-electron chi connectivity index (χ0n) is 20.2. The van der Waals surface area contributed by atoms with E-state index in [1.54, 1.807) is 34.6 Å². The number of hydrogen-bond donors (Lipinski definition) is 2. The number of methoxy groups -OCH3 is 1. The second-order valence-electron chi connectivity index (χ2n) is 8.83. The van der Waals surface area contributed by atoms with Gasteiger partial charge in [0.15, 0.2) is 6.10 Å². The van der Waals surface area contributed by atoms with Gasteiger partial charge in [-0.25, -0.2) is 14.0 Å². The summed E-state index contributed by atoms with van der Waals surface area (Å²) in [7, 11) is 0.911. The number of esters is 3. The molecule has 1 heterocycles. The van der Waals surface area contributed by atoms with Crippen LogP contribution >= 0.6 is 0 Å². The van der Waals surface area contributed by atoms with Crippen molar-refractivity contribution < 1.29 is 52.4 Å². The first-order valence-corrected chi connectivity index (χ1v) is 10.5. The number of hydrogen-bond acceptors (Lipinski definition) is 10. The van der Waals surface area contributed by atoms with Gasteiger partial charge >= 0.3 is 29.8 Å². The Hall–Kier alpha value is -2.47. The Bertz CT molecular complexity index is 739. The molecule has 0 aromatic rings. The minimum absolute atomic E-state index is 0.285. The molecule has 0 aliphatic carbocycles. The van der Waals surface area contributed by atoms with Crippen LogP contribution in [0.1, 0.15) is 54.9 Å². The molecule has 0 radical (unpaired) electrons. The zero-order valence-corrected chi connectivity index (χ0v) is 20.2. The van der Waals surface area contributed by atoms with Gasteiger partial charge in [-0.3, -0.25) is 9.59 Å². The van der Waals surface area contributed by atoms with Gasteiger partial charge < -0.3 is 34.1 Å². The Kier molecular flexibility index (Phi) is 9.61. The van der Waals surface area contributed by atoms with E-state index in [2.05, 4.69) is 10.1 Å². The molecule has 1 amide bonds. The summed E-state index contributed by atoms with van der Waals surface area (Å²) in [6.45, 7) is 10.3. The van der Waals surface area contributed by atoms with Crippen LogP contribution in [-0.2, 0) is 38.1 Å². The fourth-order valence-corrected chi connectivity index (χ4v) is 3.60. The van der Waals surface area contributed by atoms with Crippen molar-refractivity contribution in [2.24, 2.45) is 5.92 Å². The lowest BCUT2D eigenvalue weighted by molar-refractivity contribution is -0.316. The normalized spacial score (nSPS) is 29.3. The molecule has 190 valence electrons. The van der Waals surface area contributed by atoms with Gasteiger partial charge in [-0.05, 0) is 27.2 Å². The summed E-state index contributed by atoms with van der Waals surface area (Å²) in [4.78, 5) is 48.1. The van der Waals surface area contributed by atoms with Gasteiger partial charge in [-0.2, -0.15) is 0 Å². The molecule has 2 N–H and O–H groups in total. The van der Waals surface area contributed by atoms with E-state index in [1.165, 1.54) is 6.92 Å². The predicted octanol–water partition coefficient (Wildman–Crippen LogP) is 1.39. The van der Waals surface area contributed by atoms with E-state index in [4.69, 9.17) is 18.9 Å². The Morgan fingerprint density at radius 2 is 1.76 bits per heavy atom.